The smallest absolute Gasteiger partial charge is 0.303 e. The van der Waals surface area contributed by atoms with E-state index in [1.807, 2.05) is 0 Å². The van der Waals surface area contributed by atoms with Gasteiger partial charge in [-0.1, -0.05) is 65.5 Å². The second kappa shape index (κ2) is 15.1. The number of esters is 3. The summed E-state index contributed by atoms with van der Waals surface area (Å²) < 4.78 is 28.6. The molecule has 1 unspecified atom stereocenters. The van der Waals surface area contributed by atoms with Crippen molar-refractivity contribution in [1.82, 2.24) is 0 Å². The van der Waals surface area contributed by atoms with Crippen LogP contribution in [-0.4, -0.2) is 66.4 Å². The van der Waals surface area contributed by atoms with Gasteiger partial charge in [-0.3, -0.25) is 14.4 Å². The van der Waals surface area contributed by atoms with Gasteiger partial charge < -0.3 is 28.8 Å². The fourth-order valence-electron chi connectivity index (χ4n) is 11.0. The normalized spacial score (nSPS) is 41.3. The summed E-state index contributed by atoms with van der Waals surface area (Å²) in [5, 5.41) is 11.3. The molecule has 1 aliphatic heterocycles. The highest BCUT2D eigenvalue weighted by Crippen LogP contribution is 2.67. The highest BCUT2D eigenvalue weighted by atomic mass is 16.7. The molecule has 0 amide bonds. The Morgan fingerprint density at radius 2 is 1.62 bits per heavy atom. The number of aliphatic hydroxyl groups excluding tert-OH is 1. The topological polar surface area (TPSA) is 118 Å². The molecule has 9 heteroatoms. The van der Waals surface area contributed by atoms with E-state index in [0.717, 1.165) is 55.3 Å². The minimum atomic E-state index is -1.40. The van der Waals surface area contributed by atoms with Crippen molar-refractivity contribution in [1.29, 1.82) is 0 Å². The van der Waals surface area contributed by atoms with E-state index < -0.39 is 48.6 Å². The molecule has 13 atom stereocenters. The zero-order valence-electron chi connectivity index (χ0n) is 30.7. The summed E-state index contributed by atoms with van der Waals surface area (Å²) in [5.41, 5.74) is 2.03. The summed E-state index contributed by atoms with van der Waals surface area (Å²) in [6.07, 6.45) is 9.50. The van der Waals surface area contributed by atoms with E-state index in [1.54, 1.807) is 0 Å². The summed E-state index contributed by atoms with van der Waals surface area (Å²) in [5.74, 6) is 2.80. The third kappa shape index (κ3) is 7.68. The predicted molar refractivity (Wildman–Crippen MR) is 180 cm³/mol. The molecule has 0 aromatic rings. The first-order valence-electron chi connectivity index (χ1n) is 18.8. The van der Waals surface area contributed by atoms with Crippen LogP contribution in [0.5, 0.6) is 0 Å². The molecule has 5 aliphatic rings. The van der Waals surface area contributed by atoms with Gasteiger partial charge in [0.05, 0.1) is 6.10 Å². The minimum Gasteiger partial charge on any atom is -0.463 e. The Balaban J connectivity index is 1.27. The van der Waals surface area contributed by atoms with Crippen LogP contribution in [0.2, 0.25) is 0 Å². The van der Waals surface area contributed by atoms with Gasteiger partial charge in [0, 0.05) is 20.8 Å². The molecule has 48 heavy (non-hydrogen) atoms. The summed E-state index contributed by atoms with van der Waals surface area (Å²) in [4.78, 5) is 35.6. The Bertz CT molecular complexity index is 1200. The monoisotopic (exact) mass is 674 g/mol. The summed E-state index contributed by atoms with van der Waals surface area (Å²) in [7, 11) is 0. The SMILES string of the molecule is CC(=O)OC[C@H]1O[C@H](OC2CC[C@@]3(C)C(=CC[C@H]4[C@@H]5CC[C@H]([C@H](C)CCCC(C)C)[C@@]5(C)CC[C@@H]43)C2)[C@H](O)[C@@H](OC(C)=O)[C@@H]1OC(C)=O. The lowest BCUT2D eigenvalue weighted by Crippen LogP contribution is -2.62. The zero-order chi connectivity index (χ0) is 35.0. The van der Waals surface area contributed by atoms with Gasteiger partial charge in [0.1, 0.15) is 18.8 Å². The fourth-order valence-corrected chi connectivity index (χ4v) is 11.0. The number of carbonyl (C=O) groups is 3. The molecular formula is C39H62O9. The maximum Gasteiger partial charge on any atom is 0.303 e. The molecule has 0 bridgehead atoms. The maximum absolute atomic E-state index is 12.0. The quantitative estimate of drug-likeness (QED) is 0.142. The van der Waals surface area contributed by atoms with E-state index in [4.69, 9.17) is 23.7 Å². The molecule has 3 saturated carbocycles. The standard InChI is InChI=1S/C39H62O9/c1-22(2)10-9-11-23(3)30-14-15-31-29-13-12-27-20-28(16-18-38(27,7)32(29)17-19-39(30,31)8)47-37-34(43)36(46-26(6)42)35(45-25(5)41)33(48-37)21-44-24(4)40/h12,22-23,28-37,43H,9-11,13-21H2,1-8H3/t23-,28?,29+,30-,31+,32+,33-,34-,35-,36-,37+,38+,39-/m1/s1. The van der Waals surface area contributed by atoms with Crippen LogP contribution in [-0.2, 0) is 38.1 Å². The number of rotatable bonds is 11. The van der Waals surface area contributed by atoms with Crippen molar-refractivity contribution in [2.75, 3.05) is 6.61 Å². The first-order chi connectivity index (χ1) is 22.6. The summed E-state index contributed by atoms with van der Waals surface area (Å²) in [6, 6.07) is 0. The van der Waals surface area contributed by atoms with Crippen molar-refractivity contribution >= 4 is 17.9 Å². The third-order valence-electron chi connectivity index (χ3n) is 13.3. The van der Waals surface area contributed by atoms with Crippen molar-refractivity contribution in [2.45, 2.75) is 163 Å². The van der Waals surface area contributed by atoms with Gasteiger partial charge in [-0.05, 0) is 97.7 Å². The van der Waals surface area contributed by atoms with Crippen LogP contribution in [0, 0.1) is 46.3 Å². The average Bonchev–Trinajstić information content (AvgIpc) is 3.36. The molecule has 0 radical (unpaired) electrons. The van der Waals surface area contributed by atoms with Crippen molar-refractivity contribution in [3.63, 3.8) is 0 Å². The van der Waals surface area contributed by atoms with E-state index in [1.165, 1.54) is 71.3 Å². The van der Waals surface area contributed by atoms with Crippen LogP contribution in [0.15, 0.2) is 11.6 Å². The molecule has 1 saturated heterocycles. The van der Waals surface area contributed by atoms with Gasteiger partial charge in [-0.2, -0.15) is 0 Å². The summed E-state index contributed by atoms with van der Waals surface area (Å²) in [6.45, 7) is 15.8. The van der Waals surface area contributed by atoms with Crippen molar-refractivity contribution < 1.29 is 43.2 Å². The van der Waals surface area contributed by atoms with Gasteiger partial charge in [0.2, 0.25) is 0 Å². The Labute approximate surface area is 288 Å². The van der Waals surface area contributed by atoms with Crippen LogP contribution in [0.3, 0.4) is 0 Å². The van der Waals surface area contributed by atoms with E-state index in [0.29, 0.717) is 11.3 Å². The van der Waals surface area contributed by atoms with Gasteiger partial charge in [0.25, 0.3) is 0 Å². The lowest BCUT2D eigenvalue weighted by atomic mass is 9.47. The molecule has 4 aliphatic carbocycles. The van der Waals surface area contributed by atoms with E-state index in [9.17, 15) is 19.5 Å². The second-order valence-corrected chi connectivity index (χ2v) is 16.8. The van der Waals surface area contributed by atoms with Crippen molar-refractivity contribution in [2.24, 2.45) is 46.3 Å². The molecule has 272 valence electrons. The van der Waals surface area contributed by atoms with Gasteiger partial charge >= 0.3 is 17.9 Å². The molecule has 1 N–H and O–H groups in total. The lowest BCUT2D eigenvalue weighted by molar-refractivity contribution is -0.316. The molecule has 0 spiro atoms. The Hall–Kier alpha value is -1.97. The first-order valence-corrected chi connectivity index (χ1v) is 18.8. The average molecular weight is 675 g/mol. The van der Waals surface area contributed by atoms with Crippen molar-refractivity contribution in [3.8, 4) is 0 Å². The number of aliphatic hydroxyl groups is 1. The highest BCUT2D eigenvalue weighted by molar-refractivity contribution is 5.68. The largest absolute Gasteiger partial charge is 0.463 e. The second-order valence-electron chi connectivity index (χ2n) is 16.8. The zero-order valence-corrected chi connectivity index (χ0v) is 30.7. The number of hydrogen-bond acceptors (Lipinski definition) is 9. The van der Waals surface area contributed by atoms with Crippen LogP contribution in [0.4, 0.5) is 0 Å². The van der Waals surface area contributed by atoms with Crippen LogP contribution >= 0.6 is 0 Å². The Morgan fingerprint density at radius 3 is 2.29 bits per heavy atom. The lowest BCUT2D eigenvalue weighted by Gasteiger charge is -2.58. The van der Waals surface area contributed by atoms with Gasteiger partial charge in [-0.25, -0.2) is 0 Å². The van der Waals surface area contributed by atoms with Crippen LogP contribution in [0.25, 0.3) is 0 Å². The predicted octanol–water partition coefficient (Wildman–Crippen LogP) is 6.93. The van der Waals surface area contributed by atoms with Crippen molar-refractivity contribution in [3.05, 3.63) is 11.6 Å². The molecule has 9 nitrogen and oxygen atoms in total. The molecule has 0 aromatic heterocycles. The maximum atomic E-state index is 12.0. The van der Waals surface area contributed by atoms with Crippen LogP contribution in [0.1, 0.15) is 126 Å². The summed E-state index contributed by atoms with van der Waals surface area (Å²) >= 11 is 0. The number of carbonyl (C=O) groups excluding carboxylic acids is 3. The van der Waals surface area contributed by atoms with E-state index >= 15 is 0 Å². The number of hydrogen-bond donors (Lipinski definition) is 1. The molecule has 5 rings (SSSR count). The van der Waals surface area contributed by atoms with E-state index in [-0.39, 0.29) is 18.1 Å². The van der Waals surface area contributed by atoms with Gasteiger partial charge in [0.15, 0.2) is 18.5 Å². The molecule has 0 aromatic carbocycles. The number of ether oxygens (including phenoxy) is 5. The van der Waals surface area contributed by atoms with Gasteiger partial charge in [-0.15, -0.1) is 0 Å². The van der Waals surface area contributed by atoms with E-state index in [2.05, 4.69) is 40.7 Å². The minimum absolute atomic E-state index is 0.135. The third-order valence-corrected chi connectivity index (χ3v) is 13.3. The fraction of sp³-hybridized carbons (Fsp3) is 0.872. The van der Waals surface area contributed by atoms with Crippen LogP contribution < -0.4 is 0 Å². The molecule has 4 fully saturated rings. The Kier molecular flexibility index (Phi) is 11.7. The molecule has 1 heterocycles. The molecular weight excluding hydrogens is 612 g/mol. The Morgan fingerprint density at radius 1 is 0.917 bits per heavy atom. The number of fused-ring (bicyclic) bond motifs is 5. The number of allylic oxidation sites excluding steroid dienone is 1. The highest BCUT2D eigenvalue weighted by Gasteiger charge is 2.59. The first kappa shape index (κ1) is 37.3.